The van der Waals surface area contributed by atoms with Gasteiger partial charge in [-0.15, -0.1) is 0 Å². The van der Waals surface area contributed by atoms with Gasteiger partial charge in [0.2, 0.25) is 5.91 Å². The number of amides is 1. The summed E-state index contributed by atoms with van der Waals surface area (Å²) in [6, 6.07) is 19.2. The molecule has 0 radical (unpaired) electrons. The summed E-state index contributed by atoms with van der Waals surface area (Å²) in [5.41, 5.74) is 0.977. The highest BCUT2D eigenvalue weighted by Crippen LogP contribution is 2.32. The fourth-order valence-corrected chi connectivity index (χ4v) is 3.48. The standard InChI is InChI=1S/C24H20ClN3O4/c1-15-6-9-17(10-7-15)32-21-11-8-16(25)14-19(21)26-22(29)12-13-28-20-5-3-2-4-18(20)23(30)27-24(28)31/h2-11,14H,12-13H2,1H3,(H,26,29)(H,27,30,31). The Kier molecular flexibility index (Phi) is 6.09. The molecule has 0 aliphatic heterocycles. The third kappa shape index (κ3) is 4.73. The second-order valence-electron chi connectivity index (χ2n) is 7.28. The summed E-state index contributed by atoms with van der Waals surface area (Å²) in [6.45, 7) is 2.07. The monoisotopic (exact) mass is 449 g/mol. The molecule has 0 unspecified atom stereocenters. The largest absolute Gasteiger partial charge is 0.455 e. The maximum atomic E-state index is 12.7. The number of hydrogen-bond donors (Lipinski definition) is 2. The van der Waals surface area contributed by atoms with Gasteiger partial charge in [-0.1, -0.05) is 41.4 Å². The van der Waals surface area contributed by atoms with Crippen molar-refractivity contribution in [3.05, 3.63) is 98.2 Å². The van der Waals surface area contributed by atoms with Crippen molar-refractivity contribution in [3.8, 4) is 11.5 Å². The van der Waals surface area contributed by atoms with E-state index in [0.717, 1.165) is 5.56 Å². The summed E-state index contributed by atoms with van der Waals surface area (Å²) >= 11 is 6.11. The van der Waals surface area contributed by atoms with Crippen molar-refractivity contribution in [2.24, 2.45) is 0 Å². The molecule has 0 aliphatic rings. The highest BCUT2D eigenvalue weighted by atomic mass is 35.5. The van der Waals surface area contributed by atoms with E-state index in [9.17, 15) is 14.4 Å². The van der Waals surface area contributed by atoms with Crippen LogP contribution in [0.15, 0.2) is 76.3 Å². The number of benzene rings is 3. The summed E-state index contributed by atoms with van der Waals surface area (Å²) in [5.74, 6) is 0.737. The van der Waals surface area contributed by atoms with Crippen molar-refractivity contribution in [2.75, 3.05) is 5.32 Å². The number of H-pyrrole nitrogens is 1. The summed E-state index contributed by atoms with van der Waals surface area (Å²) in [4.78, 5) is 39.2. The number of halogens is 1. The minimum Gasteiger partial charge on any atom is -0.455 e. The van der Waals surface area contributed by atoms with E-state index < -0.39 is 11.2 Å². The SMILES string of the molecule is Cc1ccc(Oc2ccc(Cl)cc2NC(=O)CCn2c(=O)[nH]c(=O)c3ccccc32)cc1. The van der Waals surface area contributed by atoms with E-state index in [1.54, 1.807) is 42.5 Å². The molecule has 2 N–H and O–H groups in total. The quantitative estimate of drug-likeness (QED) is 0.454. The van der Waals surface area contributed by atoms with Gasteiger partial charge < -0.3 is 10.1 Å². The number of aromatic amines is 1. The smallest absolute Gasteiger partial charge is 0.328 e. The molecule has 162 valence electrons. The zero-order valence-corrected chi connectivity index (χ0v) is 18.0. The normalized spacial score (nSPS) is 10.8. The van der Waals surface area contributed by atoms with Crippen LogP contribution in [-0.2, 0) is 11.3 Å². The van der Waals surface area contributed by atoms with Gasteiger partial charge >= 0.3 is 5.69 Å². The van der Waals surface area contributed by atoms with Crippen LogP contribution in [0.1, 0.15) is 12.0 Å². The maximum Gasteiger partial charge on any atom is 0.328 e. The van der Waals surface area contributed by atoms with E-state index in [0.29, 0.717) is 33.1 Å². The number of nitrogens with one attached hydrogen (secondary N) is 2. The molecule has 0 saturated carbocycles. The van der Waals surface area contributed by atoms with Crippen LogP contribution in [0, 0.1) is 6.92 Å². The molecule has 1 heterocycles. The first-order valence-corrected chi connectivity index (χ1v) is 10.3. The Morgan fingerprint density at radius 3 is 2.59 bits per heavy atom. The van der Waals surface area contributed by atoms with Gasteiger partial charge in [0.15, 0.2) is 5.75 Å². The van der Waals surface area contributed by atoms with Gasteiger partial charge in [-0.3, -0.25) is 19.1 Å². The fourth-order valence-electron chi connectivity index (χ4n) is 3.31. The molecule has 7 nitrogen and oxygen atoms in total. The predicted octanol–water partition coefficient (Wildman–Crippen LogP) is 4.47. The van der Waals surface area contributed by atoms with E-state index in [1.165, 1.54) is 4.57 Å². The zero-order chi connectivity index (χ0) is 22.7. The van der Waals surface area contributed by atoms with Crippen molar-refractivity contribution in [2.45, 2.75) is 19.9 Å². The van der Waals surface area contributed by atoms with Gasteiger partial charge in [-0.05, 0) is 49.4 Å². The molecular weight excluding hydrogens is 430 g/mol. The van der Waals surface area contributed by atoms with Gasteiger partial charge in [0, 0.05) is 18.0 Å². The highest BCUT2D eigenvalue weighted by Gasteiger charge is 2.12. The summed E-state index contributed by atoms with van der Waals surface area (Å²) in [5, 5.41) is 3.63. The highest BCUT2D eigenvalue weighted by molar-refractivity contribution is 6.31. The maximum absolute atomic E-state index is 12.7. The van der Waals surface area contributed by atoms with Crippen molar-refractivity contribution in [1.82, 2.24) is 9.55 Å². The second-order valence-corrected chi connectivity index (χ2v) is 7.72. The van der Waals surface area contributed by atoms with Crippen LogP contribution in [0.4, 0.5) is 5.69 Å². The first-order chi connectivity index (χ1) is 15.4. The van der Waals surface area contributed by atoms with E-state index in [1.807, 2.05) is 31.2 Å². The minimum atomic E-state index is -0.562. The molecule has 8 heteroatoms. The Morgan fingerprint density at radius 2 is 1.81 bits per heavy atom. The Labute approximate surface area is 188 Å². The lowest BCUT2D eigenvalue weighted by Gasteiger charge is -2.14. The van der Waals surface area contributed by atoms with E-state index in [2.05, 4.69) is 10.3 Å². The summed E-state index contributed by atoms with van der Waals surface area (Å²) < 4.78 is 7.28. The molecule has 0 spiro atoms. The predicted molar refractivity (Wildman–Crippen MR) is 125 cm³/mol. The Bertz CT molecular complexity index is 1410. The van der Waals surface area contributed by atoms with Crippen LogP contribution < -0.4 is 21.3 Å². The topological polar surface area (TPSA) is 93.2 Å². The van der Waals surface area contributed by atoms with Gasteiger partial charge in [0.05, 0.1) is 16.6 Å². The summed E-state index contributed by atoms with van der Waals surface area (Å²) in [6.07, 6.45) is 0.00638. The van der Waals surface area contributed by atoms with Gasteiger partial charge in [-0.25, -0.2) is 4.79 Å². The van der Waals surface area contributed by atoms with Gasteiger partial charge in [0.1, 0.15) is 5.75 Å². The number of ether oxygens (including phenoxy) is 1. The summed E-state index contributed by atoms with van der Waals surface area (Å²) in [7, 11) is 0. The lowest BCUT2D eigenvalue weighted by molar-refractivity contribution is -0.116. The number of nitrogens with zero attached hydrogens (tertiary/aromatic N) is 1. The van der Waals surface area contributed by atoms with Crippen LogP contribution in [-0.4, -0.2) is 15.5 Å². The number of fused-ring (bicyclic) bond motifs is 1. The number of hydrogen-bond acceptors (Lipinski definition) is 4. The van der Waals surface area contributed by atoms with Crippen molar-refractivity contribution < 1.29 is 9.53 Å². The molecule has 0 aliphatic carbocycles. The lowest BCUT2D eigenvalue weighted by atomic mass is 10.2. The second kappa shape index (κ2) is 9.11. The van der Waals surface area contributed by atoms with Crippen LogP contribution in [0.5, 0.6) is 11.5 Å². The molecular formula is C24H20ClN3O4. The van der Waals surface area contributed by atoms with Crippen molar-refractivity contribution >= 4 is 34.1 Å². The van der Waals surface area contributed by atoms with Gasteiger partial charge in [-0.2, -0.15) is 0 Å². The number of rotatable bonds is 6. The number of carbonyl (C=O) groups is 1. The molecule has 1 aromatic heterocycles. The number of anilines is 1. The molecule has 32 heavy (non-hydrogen) atoms. The Hall–Kier alpha value is -3.84. The minimum absolute atomic E-state index is 0.00638. The van der Waals surface area contributed by atoms with E-state index in [4.69, 9.17) is 16.3 Å². The van der Waals surface area contributed by atoms with Crippen LogP contribution >= 0.6 is 11.6 Å². The molecule has 3 aromatic carbocycles. The zero-order valence-electron chi connectivity index (χ0n) is 17.2. The molecule has 1 amide bonds. The Balaban J connectivity index is 1.52. The average Bonchev–Trinajstić information content (AvgIpc) is 2.77. The molecule has 4 aromatic rings. The Morgan fingerprint density at radius 1 is 1.06 bits per heavy atom. The first kappa shape index (κ1) is 21.4. The number of carbonyl (C=O) groups excluding carboxylic acids is 1. The van der Waals surface area contributed by atoms with Crippen LogP contribution in [0.3, 0.4) is 0 Å². The van der Waals surface area contributed by atoms with Crippen molar-refractivity contribution in [3.63, 3.8) is 0 Å². The molecule has 0 saturated heterocycles. The third-order valence-electron chi connectivity index (χ3n) is 4.93. The van der Waals surface area contributed by atoms with E-state index in [-0.39, 0.29) is 18.9 Å². The van der Waals surface area contributed by atoms with Gasteiger partial charge in [0.25, 0.3) is 5.56 Å². The number of aryl methyl sites for hydroxylation is 2. The molecule has 4 rings (SSSR count). The fraction of sp³-hybridized carbons (Fsp3) is 0.125. The number of aromatic nitrogens is 2. The average molecular weight is 450 g/mol. The van der Waals surface area contributed by atoms with Crippen molar-refractivity contribution in [1.29, 1.82) is 0 Å². The first-order valence-electron chi connectivity index (χ1n) is 9.96. The van der Waals surface area contributed by atoms with Crippen LogP contribution in [0.2, 0.25) is 5.02 Å². The molecule has 0 atom stereocenters. The molecule has 0 bridgehead atoms. The third-order valence-corrected chi connectivity index (χ3v) is 5.17. The lowest BCUT2D eigenvalue weighted by Crippen LogP contribution is -2.31. The van der Waals surface area contributed by atoms with Crippen LogP contribution in [0.25, 0.3) is 10.9 Å². The van der Waals surface area contributed by atoms with E-state index >= 15 is 0 Å². The number of para-hydroxylation sites is 1. The molecule has 0 fully saturated rings.